The van der Waals surface area contributed by atoms with Gasteiger partial charge in [-0.1, -0.05) is 29.8 Å². The van der Waals surface area contributed by atoms with Crippen LogP contribution < -0.4 is 21.4 Å². The minimum absolute atomic E-state index is 0.258. The van der Waals surface area contributed by atoms with E-state index in [2.05, 4.69) is 15.5 Å². The summed E-state index contributed by atoms with van der Waals surface area (Å²) in [5.74, 6) is 1.09. The second kappa shape index (κ2) is 9.33. The van der Waals surface area contributed by atoms with E-state index in [1.165, 1.54) is 11.6 Å². The lowest BCUT2D eigenvalue weighted by atomic mass is 10.2. The van der Waals surface area contributed by atoms with E-state index in [-0.39, 0.29) is 17.7 Å². The van der Waals surface area contributed by atoms with Crippen LogP contribution in [0.1, 0.15) is 18.1 Å². The number of benzene rings is 2. The molecule has 0 spiro atoms. The van der Waals surface area contributed by atoms with Crippen LogP contribution in [0.4, 0.5) is 5.95 Å². The Bertz CT molecular complexity index is 1450. The molecule has 2 heterocycles. The zero-order valence-electron chi connectivity index (χ0n) is 18.4. The summed E-state index contributed by atoms with van der Waals surface area (Å²) in [4.78, 5) is 29.9. The first-order valence-electron chi connectivity index (χ1n) is 10.3. The molecule has 0 amide bonds. The van der Waals surface area contributed by atoms with Crippen molar-refractivity contribution in [2.24, 2.45) is 19.2 Å². The molecule has 9 nitrogen and oxygen atoms in total. The zero-order chi connectivity index (χ0) is 23.5. The van der Waals surface area contributed by atoms with E-state index >= 15 is 0 Å². The minimum atomic E-state index is -0.459. The monoisotopic (exact) mass is 466 g/mol. The quantitative estimate of drug-likeness (QED) is 0.333. The molecular weight excluding hydrogens is 444 g/mol. The molecule has 0 aliphatic rings. The van der Waals surface area contributed by atoms with Gasteiger partial charge in [0.15, 0.2) is 11.2 Å². The van der Waals surface area contributed by atoms with Crippen molar-refractivity contribution >= 4 is 34.9 Å². The van der Waals surface area contributed by atoms with Gasteiger partial charge in [-0.15, -0.1) is 0 Å². The van der Waals surface area contributed by atoms with Gasteiger partial charge in [-0.3, -0.25) is 18.5 Å². The first-order valence-corrected chi connectivity index (χ1v) is 10.7. The van der Waals surface area contributed by atoms with Crippen molar-refractivity contribution in [3.05, 3.63) is 85.5 Å². The molecule has 4 rings (SSSR count). The summed E-state index contributed by atoms with van der Waals surface area (Å²) in [6.45, 7) is 2.79. The van der Waals surface area contributed by atoms with Gasteiger partial charge in [0.2, 0.25) is 5.95 Å². The van der Waals surface area contributed by atoms with E-state index in [4.69, 9.17) is 16.3 Å². The molecule has 33 heavy (non-hydrogen) atoms. The predicted molar refractivity (Wildman–Crippen MR) is 130 cm³/mol. The van der Waals surface area contributed by atoms with Crippen molar-refractivity contribution in [1.82, 2.24) is 18.7 Å². The van der Waals surface area contributed by atoms with E-state index in [1.807, 2.05) is 49.4 Å². The normalized spacial score (nSPS) is 11.4. The number of anilines is 1. The van der Waals surface area contributed by atoms with Gasteiger partial charge in [0.1, 0.15) is 5.75 Å². The molecule has 0 saturated carbocycles. The molecule has 0 bridgehead atoms. The highest BCUT2D eigenvalue weighted by Gasteiger charge is 2.19. The number of nitrogens with one attached hydrogen (secondary N) is 1. The second-order valence-corrected chi connectivity index (χ2v) is 7.77. The number of aryl methyl sites for hydroxylation is 1. The predicted octanol–water partition coefficient (Wildman–Crippen LogP) is 2.98. The Morgan fingerprint density at radius 3 is 2.52 bits per heavy atom. The fraction of sp³-hybridized carbons (Fsp3) is 0.217. The van der Waals surface area contributed by atoms with E-state index in [1.54, 1.807) is 23.9 Å². The van der Waals surface area contributed by atoms with Crippen LogP contribution in [0.2, 0.25) is 5.02 Å². The number of hydrogen-bond donors (Lipinski definition) is 1. The third-order valence-electron chi connectivity index (χ3n) is 5.20. The van der Waals surface area contributed by atoms with Crippen LogP contribution in [0.15, 0.2) is 63.2 Å². The molecular formula is C23H23ClN6O3. The number of nitrogens with zero attached hydrogens (tertiary/aromatic N) is 5. The molecule has 4 aromatic rings. The fourth-order valence-electron chi connectivity index (χ4n) is 3.46. The van der Waals surface area contributed by atoms with E-state index in [9.17, 15) is 9.59 Å². The van der Waals surface area contributed by atoms with E-state index in [0.717, 1.165) is 21.4 Å². The molecule has 0 unspecified atom stereocenters. The maximum absolute atomic E-state index is 13.0. The molecule has 0 atom stereocenters. The number of aromatic nitrogens is 4. The van der Waals surface area contributed by atoms with Gasteiger partial charge in [0.05, 0.1) is 19.4 Å². The summed E-state index contributed by atoms with van der Waals surface area (Å²) in [5, 5.41) is 4.84. The van der Waals surface area contributed by atoms with Crippen LogP contribution in [-0.4, -0.2) is 31.5 Å². The number of hydrogen-bond acceptors (Lipinski definition) is 6. The molecule has 170 valence electrons. The molecule has 0 fully saturated rings. The second-order valence-electron chi connectivity index (χ2n) is 7.36. The van der Waals surface area contributed by atoms with Gasteiger partial charge in [-0.05, 0) is 48.4 Å². The highest BCUT2D eigenvalue weighted by molar-refractivity contribution is 6.31. The first kappa shape index (κ1) is 22.3. The summed E-state index contributed by atoms with van der Waals surface area (Å²) in [7, 11) is 3.01. The van der Waals surface area contributed by atoms with Gasteiger partial charge in [-0.2, -0.15) is 10.1 Å². The van der Waals surface area contributed by atoms with Crippen molar-refractivity contribution in [2.45, 2.75) is 13.5 Å². The molecule has 0 aliphatic carbocycles. The van der Waals surface area contributed by atoms with Gasteiger partial charge < -0.3 is 4.74 Å². The third kappa shape index (κ3) is 4.40. The third-order valence-corrected chi connectivity index (χ3v) is 5.57. The Labute approximate surface area is 194 Å². The maximum Gasteiger partial charge on any atom is 0.332 e. The summed E-state index contributed by atoms with van der Waals surface area (Å²) >= 11 is 6.36. The number of imidazole rings is 1. The van der Waals surface area contributed by atoms with Crippen molar-refractivity contribution in [1.29, 1.82) is 0 Å². The zero-order valence-corrected chi connectivity index (χ0v) is 19.2. The summed E-state index contributed by atoms with van der Waals surface area (Å²) < 4.78 is 9.51. The molecule has 0 radical (unpaired) electrons. The summed E-state index contributed by atoms with van der Waals surface area (Å²) in [6.07, 6.45) is 1.63. The Hall–Kier alpha value is -3.85. The number of halogens is 1. The van der Waals surface area contributed by atoms with Crippen LogP contribution in [-0.2, 0) is 20.6 Å². The average molecular weight is 467 g/mol. The molecule has 1 N–H and O–H groups in total. The van der Waals surface area contributed by atoms with Gasteiger partial charge in [0, 0.05) is 19.1 Å². The molecule has 10 heteroatoms. The first-order chi connectivity index (χ1) is 15.9. The molecule has 2 aromatic carbocycles. The lowest BCUT2D eigenvalue weighted by Crippen LogP contribution is -2.37. The standard InChI is InChI=1S/C23H23ClN6O3/c1-4-33-17-11-9-15(10-12-17)13-25-27-22-26-20-19(21(31)29(3)23(32)28(20)2)30(22)14-16-7-5-6-8-18(16)24/h5-13H,4,14H2,1-3H3,(H,26,27). The fourth-order valence-corrected chi connectivity index (χ4v) is 3.66. The van der Waals surface area contributed by atoms with Crippen molar-refractivity contribution in [3.8, 4) is 5.75 Å². The topological polar surface area (TPSA) is 95.4 Å². The highest BCUT2D eigenvalue weighted by atomic mass is 35.5. The van der Waals surface area contributed by atoms with Crippen LogP contribution in [0.5, 0.6) is 5.75 Å². The van der Waals surface area contributed by atoms with Crippen LogP contribution in [0.3, 0.4) is 0 Å². The Balaban J connectivity index is 1.76. The Kier molecular flexibility index (Phi) is 6.32. The van der Waals surface area contributed by atoms with Crippen molar-refractivity contribution in [2.75, 3.05) is 12.0 Å². The largest absolute Gasteiger partial charge is 0.494 e. The average Bonchev–Trinajstić information content (AvgIpc) is 3.17. The maximum atomic E-state index is 13.0. The van der Waals surface area contributed by atoms with Crippen molar-refractivity contribution in [3.63, 3.8) is 0 Å². The Morgan fingerprint density at radius 1 is 1.09 bits per heavy atom. The van der Waals surface area contributed by atoms with E-state index < -0.39 is 11.2 Å². The smallest absolute Gasteiger partial charge is 0.332 e. The number of rotatable bonds is 7. The number of fused-ring (bicyclic) bond motifs is 1. The highest BCUT2D eigenvalue weighted by Crippen LogP contribution is 2.22. The van der Waals surface area contributed by atoms with Crippen LogP contribution in [0.25, 0.3) is 11.2 Å². The summed E-state index contributed by atoms with van der Waals surface area (Å²) in [5.41, 5.74) is 4.18. The lowest BCUT2D eigenvalue weighted by Gasteiger charge is -2.10. The minimum Gasteiger partial charge on any atom is -0.494 e. The van der Waals surface area contributed by atoms with Crippen LogP contribution >= 0.6 is 11.6 Å². The molecule has 0 aliphatic heterocycles. The number of hydrazone groups is 1. The molecule has 2 aromatic heterocycles. The van der Waals surface area contributed by atoms with Gasteiger partial charge >= 0.3 is 5.69 Å². The lowest BCUT2D eigenvalue weighted by molar-refractivity contribution is 0.340. The molecule has 0 saturated heterocycles. The summed E-state index contributed by atoms with van der Waals surface area (Å²) in [6, 6.07) is 14.8. The van der Waals surface area contributed by atoms with Gasteiger partial charge in [0.25, 0.3) is 5.56 Å². The number of ether oxygens (including phenoxy) is 1. The Morgan fingerprint density at radius 2 is 1.82 bits per heavy atom. The van der Waals surface area contributed by atoms with E-state index in [0.29, 0.717) is 17.6 Å². The van der Waals surface area contributed by atoms with Crippen molar-refractivity contribution < 1.29 is 4.74 Å². The van der Waals surface area contributed by atoms with Crippen LogP contribution in [0, 0.1) is 0 Å². The van der Waals surface area contributed by atoms with Gasteiger partial charge in [-0.25, -0.2) is 10.2 Å². The SMILES string of the molecule is CCOc1ccc(C=NNc2nc3c(c(=O)n(C)c(=O)n3C)n2Cc2ccccc2Cl)cc1.